The van der Waals surface area contributed by atoms with Crippen molar-refractivity contribution in [2.45, 2.75) is 13.8 Å². The Bertz CT molecular complexity index is 813. The van der Waals surface area contributed by atoms with E-state index in [-0.39, 0.29) is 0 Å². The first kappa shape index (κ1) is 15.2. The maximum Gasteiger partial charge on any atom is 0.121 e. The molecule has 4 heteroatoms. The highest BCUT2D eigenvalue weighted by Crippen LogP contribution is 2.29. The third-order valence-corrected chi connectivity index (χ3v) is 3.59. The van der Waals surface area contributed by atoms with Crippen LogP contribution in [0.15, 0.2) is 48.5 Å². The minimum absolute atomic E-state index is 0.669. The number of aromatic nitrogens is 1. The summed E-state index contributed by atoms with van der Waals surface area (Å²) in [5.74, 6) is 1.68. The smallest absolute Gasteiger partial charge is 0.121 e. The zero-order valence-corrected chi connectivity index (χ0v) is 13.6. The molecule has 1 N–H and O–H groups in total. The van der Waals surface area contributed by atoms with Crippen LogP contribution in [0.25, 0.3) is 10.9 Å². The number of fused-ring (bicyclic) bond motifs is 1. The van der Waals surface area contributed by atoms with Crippen molar-refractivity contribution in [3.05, 3.63) is 54.2 Å². The van der Waals surface area contributed by atoms with Gasteiger partial charge in [-0.05, 0) is 56.3 Å². The lowest BCUT2D eigenvalue weighted by molar-refractivity contribution is 0.340. The lowest BCUT2D eigenvalue weighted by Crippen LogP contribution is -1.96. The average molecular weight is 308 g/mol. The Morgan fingerprint density at radius 1 is 1.00 bits per heavy atom. The molecule has 0 amide bonds. The quantitative estimate of drug-likeness (QED) is 0.742. The maximum atomic E-state index is 5.47. The molecule has 23 heavy (non-hydrogen) atoms. The summed E-state index contributed by atoms with van der Waals surface area (Å²) in [7, 11) is 1.66. The fraction of sp³-hybridized carbons (Fsp3) is 0.211. The lowest BCUT2D eigenvalue weighted by Gasteiger charge is -2.12. The highest BCUT2D eigenvalue weighted by atomic mass is 16.5. The Morgan fingerprint density at radius 2 is 1.74 bits per heavy atom. The third kappa shape index (κ3) is 3.37. The number of anilines is 2. The molecule has 0 bridgehead atoms. The first-order chi connectivity index (χ1) is 11.2. The van der Waals surface area contributed by atoms with E-state index in [9.17, 15) is 0 Å². The average Bonchev–Trinajstić information content (AvgIpc) is 2.56. The maximum absolute atomic E-state index is 5.47. The molecule has 0 fully saturated rings. The summed E-state index contributed by atoms with van der Waals surface area (Å²) < 4.78 is 10.8. The van der Waals surface area contributed by atoms with Crippen molar-refractivity contribution in [2.75, 3.05) is 19.0 Å². The molecule has 1 aromatic heterocycles. The summed E-state index contributed by atoms with van der Waals surface area (Å²) in [4.78, 5) is 4.58. The van der Waals surface area contributed by atoms with E-state index < -0.39 is 0 Å². The number of benzene rings is 2. The SMILES string of the molecule is CCOc1ccc(Nc2cc(C)nc3cc(OC)ccc23)cc1. The number of hydrogen-bond acceptors (Lipinski definition) is 4. The molecule has 0 aliphatic heterocycles. The fourth-order valence-electron chi connectivity index (χ4n) is 2.53. The Morgan fingerprint density at radius 3 is 2.43 bits per heavy atom. The van der Waals surface area contributed by atoms with Crippen LogP contribution >= 0.6 is 0 Å². The minimum Gasteiger partial charge on any atom is -0.497 e. The van der Waals surface area contributed by atoms with Gasteiger partial charge in [0.05, 0.1) is 19.2 Å². The van der Waals surface area contributed by atoms with E-state index in [1.807, 2.05) is 62.4 Å². The zero-order valence-electron chi connectivity index (χ0n) is 13.6. The predicted octanol–water partition coefficient (Wildman–Crippen LogP) is 4.69. The molecule has 0 aliphatic carbocycles. The summed E-state index contributed by atoms with van der Waals surface area (Å²) in [5, 5.41) is 4.52. The van der Waals surface area contributed by atoms with Crippen LogP contribution in [0.1, 0.15) is 12.6 Å². The van der Waals surface area contributed by atoms with Gasteiger partial charge in [-0.3, -0.25) is 4.98 Å². The number of aryl methyl sites for hydroxylation is 1. The number of nitrogens with one attached hydrogen (secondary N) is 1. The fourth-order valence-corrected chi connectivity index (χ4v) is 2.53. The second-order valence-corrected chi connectivity index (χ2v) is 5.28. The monoisotopic (exact) mass is 308 g/mol. The van der Waals surface area contributed by atoms with Crippen LogP contribution in [0.2, 0.25) is 0 Å². The van der Waals surface area contributed by atoms with Gasteiger partial charge in [0.25, 0.3) is 0 Å². The van der Waals surface area contributed by atoms with Crippen LogP contribution < -0.4 is 14.8 Å². The molecule has 4 nitrogen and oxygen atoms in total. The van der Waals surface area contributed by atoms with Gasteiger partial charge in [0, 0.05) is 28.5 Å². The summed E-state index contributed by atoms with van der Waals surface area (Å²) in [6.07, 6.45) is 0. The van der Waals surface area contributed by atoms with E-state index in [1.165, 1.54) is 0 Å². The van der Waals surface area contributed by atoms with E-state index in [4.69, 9.17) is 9.47 Å². The molecular formula is C19H20N2O2. The van der Waals surface area contributed by atoms with Crippen LogP contribution in [0, 0.1) is 6.92 Å². The second-order valence-electron chi connectivity index (χ2n) is 5.28. The summed E-state index contributed by atoms with van der Waals surface area (Å²) in [6.45, 7) is 4.64. The van der Waals surface area contributed by atoms with E-state index in [0.717, 1.165) is 39.5 Å². The van der Waals surface area contributed by atoms with Gasteiger partial charge in [0.1, 0.15) is 11.5 Å². The molecule has 0 saturated heterocycles. The molecule has 118 valence electrons. The number of methoxy groups -OCH3 is 1. The molecule has 0 radical (unpaired) electrons. The van der Waals surface area contributed by atoms with Crippen LogP contribution in [0.4, 0.5) is 11.4 Å². The molecule has 3 rings (SSSR count). The molecule has 1 heterocycles. The molecule has 3 aromatic rings. The van der Waals surface area contributed by atoms with Crippen molar-refractivity contribution in [1.82, 2.24) is 4.98 Å². The van der Waals surface area contributed by atoms with Crippen LogP contribution in [0.3, 0.4) is 0 Å². The Hall–Kier alpha value is -2.75. The number of rotatable bonds is 5. The molecule has 2 aromatic carbocycles. The van der Waals surface area contributed by atoms with Crippen LogP contribution in [-0.2, 0) is 0 Å². The molecule has 0 spiro atoms. The highest BCUT2D eigenvalue weighted by Gasteiger charge is 2.06. The number of ether oxygens (including phenoxy) is 2. The van der Waals surface area contributed by atoms with E-state index in [0.29, 0.717) is 6.61 Å². The molecule has 0 atom stereocenters. The summed E-state index contributed by atoms with van der Waals surface area (Å²) in [6, 6.07) is 15.9. The van der Waals surface area contributed by atoms with Crippen molar-refractivity contribution < 1.29 is 9.47 Å². The zero-order chi connectivity index (χ0) is 16.2. The Kier molecular flexibility index (Phi) is 4.33. The van der Waals surface area contributed by atoms with Crippen molar-refractivity contribution in [3.8, 4) is 11.5 Å². The van der Waals surface area contributed by atoms with Crippen molar-refractivity contribution >= 4 is 22.3 Å². The van der Waals surface area contributed by atoms with Crippen LogP contribution in [-0.4, -0.2) is 18.7 Å². The second kappa shape index (κ2) is 6.57. The standard InChI is InChI=1S/C19H20N2O2/c1-4-23-15-7-5-14(6-8-15)21-18-11-13(2)20-19-12-16(22-3)9-10-17(18)19/h5-12H,4H2,1-3H3,(H,20,21). The van der Waals surface area contributed by atoms with Gasteiger partial charge in [-0.25, -0.2) is 0 Å². The van der Waals surface area contributed by atoms with Crippen LogP contribution in [0.5, 0.6) is 11.5 Å². The first-order valence-electron chi connectivity index (χ1n) is 7.65. The van der Waals surface area contributed by atoms with E-state index >= 15 is 0 Å². The van der Waals surface area contributed by atoms with Gasteiger partial charge in [-0.2, -0.15) is 0 Å². The third-order valence-electron chi connectivity index (χ3n) is 3.59. The number of pyridine rings is 1. The Balaban J connectivity index is 1.95. The normalized spacial score (nSPS) is 10.6. The lowest BCUT2D eigenvalue weighted by atomic mass is 10.1. The summed E-state index contributed by atoms with van der Waals surface area (Å²) in [5.41, 5.74) is 3.91. The predicted molar refractivity (Wildman–Crippen MR) is 93.9 cm³/mol. The van der Waals surface area contributed by atoms with Gasteiger partial charge in [-0.1, -0.05) is 0 Å². The van der Waals surface area contributed by atoms with E-state index in [1.54, 1.807) is 7.11 Å². The van der Waals surface area contributed by atoms with E-state index in [2.05, 4.69) is 10.3 Å². The van der Waals surface area contributed by atoms with Gasteiger partial charge in [0.15, 0.2) is 0 Å². The number of nitrogens with zero attached hydrogens (tertiary/aromatic N) is 1. The number of hydrogen-bond donors (Lipinski definition) is 1. The first-order valence-corrected chi connectivity index (χ1v) is 7.65. The van der Waals surface area contributed by atoms with Gasteiger partial charge in [0.2, 0.25) is 0 Å². The molecule has 0 aliphatic rings. The van der Waals surface area contributed by atoms with Crippen molar-refractivity contribution in [3.63, 3.8) is 0 Å². The molecular weight excluding hydrogens is 288 g/mol. The molecule has 0 saturated carbocycles. The largest absolute Gasteiger partial charge is 0.497 e. The van der Waals surface area contributed by atoms with Gasteiger partial charge < -0.3 is 14.8 Å². The van der Waals surface area contributed by atoms with Crippen molar-refractivity contribution in [1.29, 1.82) is 0 Å². The highest BCUT2D eigenvalue weighted by molar-refractivity contribution is 5.94. The topological polar surface area (TPSA) is 43.4 Å². The molecule has 0 unspecified atom stereocenters. The van der Waals surface area contributed by atoms with Gasteiger partial charge in [-0.15, -0.1) is 0 Å². The minimum atomic E-state index is 0.669. The van der Waals surface area contributed by atoms with Crippen molar-refractivity contribution in [2.24, 2.45) is 0 Å². The summed E-state index contributed by atoms with van der Waals surface area (Å²) >= 11 is 0. The Labute approximate surface area is 136 Å². The van der Waals surface area contributed by atoms with Gasteiger partial charge >= 0.3 is 0 Å².